The lowest BCUT2D eigenvalue weighted by Crippen LogP contribution is -2.42. The second-order valence-corrected chi connectivity index (χ2v) is 4.11. The lowest BCUT2D eigenvalue weighted by Gasteiger charge is -2.19. The topological polar surface area (TPSA) is 92.9 Å². The molecule has 6 heteroatoms. The molecule has 0 radical (unpaired) electrons. The van der Waals surface area contributed by atoms with Crippen LogP contribution in [0.25, 0.3) is 0 Å². The zero-order valence-electron chi connectivity index (χ0n) is 9.87. The molecule has 0 bridgehead atoms. The first-order valence-corrected chi connectivity index (χ1v) is 5.56. The second kappa shape index (κ2) is 4.66. The molecule has 0 aliphatic carbocycles. The molecule has 0 aromatic heterocycles. The highest BCUT2D eigenvalue weighted by Gasteiger charge is 2.44. The summed E-state index contributed by atoms with van der Waals surface area (Å²) in [7, 11) is 0. The molecule has 18 heavy (non-hydrogen) atoms. The van der Waals surface area contributed by atoms with Crippen LogP contribution in [0.1, 0.15) is 12.5 Å². The van der Waals surface area contributed by atoms with Gasteiger partial charge in [-0.1, -0.05) is 12.1 Å². The smallest absolute Gasteiger partial charge is 0.415 e. The number of carbonyl (C=O) groups excluding carboxylic acids is 1. The molecule has 1 aromatic carbocycles. The van der Waals surface area contributed by atoms with E-state index < -0.39 is 24.2 Å². The molecular formula is C12H14N2O4. The van der Waals surface area contributed by atoms with Gasteiger partial charge in [-0.2, -0.15) is 0 Å². The Bertz CT molecular complexity index is 471. The lowest BCUT2D eigenvalue weighted by molar-refractivity contribution is -0.139. The fourth-order valence-corrected chi connectivity index (χ4v) is 1.97. The van der Waals surface area contributed by atoms with Gasteiger partial charge in [0.05, 0.1) is 0 Å². The summed E-state index contributed by atoms with van der Waals surface area (Å²) in [4.78, 5) is 24.0. The first kappa shape index (κ1) is 12.4. The van der Waals surface area contributed by atoms with Gasteiger partial charge in [-0.3, -0.25) is 4.90 Å². The van der Waals surface area contributed by atoms with Crippen LogP contribution in [0.3, 0.4) is 0 Å². The maximum absolute atomic E-state index is 11.7. The van der Waals surface area contributed by atoms with Crippen molar-refractivity contribution in [2.75, 3.05) is 4.90 Å². The van der Waals surface area contributed by atoms with Gasteiger partial charge in [0.2, 0.25) is 0 Å². The number of hydrogen-bond donors (Lipinski definition) is 2. The Balaban J connectivity index is 2.34. The quantitative estimate of drug-likeness (QED) is 0.832. The molecule has 1 aliphatic rings. The molecular weight excluding hydrogens is 236 g/mol. The summed E-state index contributed by atoms with van der Waals surface area (Å²) in [5, 5.41) is 9.14. The Morgan fingerprint density at radius 3 is 2.56 bits per heavy atom. The Morgan fingerprint density at radius 2 is 2.06 bits per heavy atom. The number of ether oxygens (including phenoxy) is 1. The summed E-state index contributed by atoms with van der Waals surface area (Å²) >= 11 is 0. The molecule has 1 amide bonds. The minimum Gasteiger partial charge on any atom is -0.480 e. The molecule has 1 aliphatic heterocycles. The second-order valence-electron chi connectivity index (χ2n) is 4.11. The number of carbonyl (C=O) groups is 2. The molecule has 1 heterocycles. The highest BCUT2D eigenvalue weighted by molar-refractivity contribution is 5.98. The Hall–Kier alpha value is -2.08. The van der Waals surface area contributed by atoms with Gasteiger partial charge >= 0.3 is 12.1 Å². The average Bonchev–Trinajstić information content (AvgIpc) is 2.64. The van der Waals surface area contributed by atoms with Crippen LogP contribution in [-0.4, -0.2) is 29.3 Å². The summed E-state index contributed by atoms with van der Waals surface area (Å²) in [6, 6.07) is 5.84. The van der Waals surface area contributed by atoms with Crippen molar-refractivity contribution in [2.24, 2.45) is 5.73 Å². The number of nitrogens with zero attached hydrogens (tertiary/aromatic N) is 1. The van der Waals surface area contributed by atoms with Crippen LogP contribution in [0.4, 0.5) is 10.5 Å². The maximum Gasteiger partial charge on any atom is 0.415 e. The predicted octanol–water partition coefficient (Wildman–Crippen LogP) is 0.944. The van der Waals surface area contributed by atoms with Crippen LogP contribution in [0, 0.1) is 0 Å². The summed E-state index contributed by atoms with van der Waals surface area (Å²) < 4.78 is 4.94. The Morgan fingerprint density at radius 1 is 1.44 bits per heavy atom. The van der Waals surface area contributed by atoms with Crippen LogP contribution < -0.4 is 10.6 Å². The Kier molecular flexibility index (Phi) is 3.20. The zero-order chi connectivity index (χ0) is 13.3. The van der Waals surface area contributed by atoms with E-state index in [1.165, 1.54) is 0 Å². The summed E-state index contributed by atoms with van der Waals surface area (Å²) in [6.45, 7) is 1.95. The van der Waals surface area contributed by atoms with E-state index in [9.17, 15) is 9.59 Å². The van der Waals surface area contributed by atoms with Crippen LogP contribution in [0.2, 0.25) is 0 Å². The number of aliphatic carboxylic acids is 1. The van der Waals surface area contributed by atoms with Crippen molar-refractivity contribution in [1.82, 2.24) is 0 Å². The van der Waals surface area contributed by atoms with E-state index in [4.69, 9.17) is 15.6 Å². The van der Waals surface area contributed by atoms with E-state index in [1.807, 2.05) is 0 Å². The highest BCUT2D eigenvalue weighted by atomic mass is 16.6. The van der Waals surface area contributed by atoms with Crippen LogP contribution in [0.5, 0.6) is 0 Å². The third-order valence-electron chi connectivity index (χ3n) is 2.91. The SMILES string of the molecule is CC1OC(=O)N(c2ccc(CN)cc2)C1C(=O)O. The normalized spacial score (nSPS) is 23.0. The minimum absolute atomic E-state index is 0.392. The molecule has 2 rings (SSSR count). The average molecular weight is 250 g/mol. The maximum atomic E-state index is 11.7. The third-order valence-corrected chi connectivity index (χ3v) is 2.91. The van der Waals surface area contributed by atoms with Gasteiger partial charge in [0, 0.05) is 12.2 Å². The zero-order valence-corrected chi connectivity index (χ0v) is 9.87. The summed E-state index contributed by atoms with van der Waals surface area (Å²) in [6.07, 6.45) is -1.32. The number of carboxylic acids is 1. The summed E-state index contributed by atoms with van der Waals surface area (Å²) in [5.74, 6) is -1.09. The number of cyclic esters (lactones) is 1. The van der Waals surface area contributed by atoms with Gasteiger partial charge in [-0.15, -0.1) is 0 Å². The van der Waals surface area contributed by atoms with Gasteiger partial charge in [0.1, 0.15) is 6.10 Å². The first-order chi connectivity index (χ1) is 8.54. The highest BCUT2D eigenvalue weighted by Crippen LogP contribution is 2.27. The number of hydrogen-bond acceptors (Lipinski definition) is 4. The van der Waals surface area contributed by atoms with E-state index >= 15 is 0 Å². The number of anilines is 1. The van der Waals surface area contributed by atoms with Crippen LogP contribution in [-0.2, 0) is 16.1 Å². The van der Waals surface area contributed by atoms with Gasteiger partial charge in [0.25, 0.3) is 0 Å². The number of carboxylic acid groups (broad SMARTS) is 1. The van der Waals surface area contributed by atoms with Crippen molar-refractivity contribution in [2.45, 2.75) is 25.6 Å². The summed E-state index contributed by atoms with van der Waals surface area (Å²) in [5.41, 5.74) is 6.88. The van der Waals surface area contributed by atoms with Gasteiger partial charge < -0.3 is 15.6 Å². The molecule has 1 aromatic rings. The fourth-order valence-electron chi connectivity index (χ4n) is 1.97. The van der Waals surface area contributed by atoms with E-state index in [2.05, 4.69) is 0 Å². The molecule has 2 atom stereocenters. The van der Waals surface area contributed by atoms with Gasteiger partial charge in [-0.05, 0) is 24.6 Å². The molecule has 6 nitrogen and oxygen atoms in total. The number of nitrogens with two attached hydrogens (primary N) is 1. The van der Waals surface area contributed by atoms with Gasteiger partial charge in [-0.25, -0.2) is 9.59 Å². The largest absolute Gasteiger partial charge is 0.480 e. The molecule has 96 valence electrons. The first-order valence-electron chi connectivity index (χ1n) is 5.56. The molecule has 2 unspecified atom stereocenters. The number of benzene rings is 1. The van der Waals surface area contributed by atoms with Crippen LogP contribution in [0.15, 0.2) is 24.3 Å². The van der Waals surface area contributed by atoms with Crippen molar-refractivity contribution in [3.8, 4) is 0 Å². The van der Waals surface area contributed by atoms with Crippen molar-refractivity contribution in [1.29, 1.82) is 0 Å². The van der Waals surface area contributed by atoms with Crippen molar-refractivity contribution >= 4 is 17.7 Å². The number of rotatable bonds is 3. The standard InChI is InChI=1S/C12H14N2O4/c1-7-10(11(15)16)14(12(17)18-7)9-4-2-8(6-13)3-5-9/h2-5,7,10H,6,13H2,1H3,(H,15,16). The van der Waals surface area contributed by atoms with Crippen molar-refractivity contribution < 1.29 is 19.4 Å². The van der Waals surface area contributed by atoms with E-state index in [0.717, 1.165) is 10.5 Å². The van der Waals surface area contributed by atoms with E-state index in [0.29, 0.717) is 12.2 Å². The predicted molar refractivity (Wildman–Crippen MR) is 64.2 cm³/mol. The molecule has 0 saturated carbocycles. The molecule has 3 N–H and O–H groups in total. The molecule has 1 saturated heterocycles. The van der Waals surface area contributed by atoms with Crippen molar-refractivity contribution in [3.63, 3.8) is 0 Å². The molecule has 1 fully saturated rings. The number of amides is 1. The minimum atomic E-state index is -1.09. The van der Waals surface area contributed by atoms with E-state index in [-0.39, 0.29) is 0 Å². The lowest BCUT2D eigenvalue weighted by atomic mass is 10.1. The van der Waals surface area contributed by atoms with Crippen molar-refractivity contribution in [3.05, 3.63) is 29.8 Å². The van der Waals surface area contributed by atoms with Gasteiger partial charge in [0.15, 0.2) is 6.04 Å². The molecule has 0 spiro atoms. The van der Waals surface area contributed by atoms with E-state index in [1.54, 1.807) is 31.2 Å². The van der Waals surface area contributed by atoms with Crippen LogP contribution >= 0.6 is 0 Å². The Labute approximate surface area is 104 Å². The fraction of sp³-hybridized carbons (Fsp3) is 0.333. The third kappa shape index (κ3) is 2.02. The monoisotopic (exact) mass is 250 g/mol.